The number of aromatic amines is 1. The number of nitrogens with one attached hydrogen (secondary N) is 1. The Morgan fingerprint density at radius 3 is 1.97 bits per heavy atom. The number of rotatable bonds is 2. The van der Waals surface area contributed by atoms with Crippen molar-refractivity contribution in [3.8, 4) is 0 Å². The van der Waals surface area contributed by atoms with Crippen molar-refractivity contribution >= 4 is 49.3 Å². The lowest BCUT2D eigenvalue weighted by Gasteiger charge is -2.22. The summed E-state index contributed by atoms with van der Waals surface area (Å²) in [4.78, 5) is 3.61. The van der Waals surface area contributed by atoms with Gasteiger partial charge in [-0.2, -0.15) is 0 Å². The number of hydrogen-bond acceptors (Lipinski definition) is 0. The molecule has 3 aliphatic carbocycles. The molecule has 0 saturated heterocycles. The first kappa shape index (κ1) is 21.1. The van der Waals surface area contributed by atoms with Crippen LogP contribution in [0.2, 0.25) is 0 Å². The highest BCUT2D eigenvalue weighted by atomic mass is 14.7. The maximum absolute atomic E-state index is 3.61. The molecule has 182 valence electrons. The molecule has 0 amide bonds. The number of para-hydroxylation sites is 1. The molecule has 5 aromatic carbocycles. The van der Waals surface area contributed by atoms with E-state index in [1.165, 1.54) is 77.1 Å². The summed E-state index contributed by atoms with van der Waals surface area (Å²) in [6.07, 6.45) is 9.31. The second kappa shape index (κ2) is 7.82. The summed E-state index contributed by atoms with van der Waals surface area (Å²) in [5.74, 6) is 0.640. The van der Waals surface area contributed by atoms with Crippen LogP contribution >= 0.6 is 0 Å². The summed E-state index contributed by atoms with van der Waals surface area (Å²) in [7, 11) is 0. The molecule has 2 atom stereocenters. The van der Waals surface area contributed by atoms with Crippen molar-refractivity contribution < 1.29 is 0 Å². The number of allylic oxidation sites excluding steroid dienone is 7. The van der Waals surface area contributed by atoms with Crippen LogP contribution in [0.15, 0.2) is 139 Å². The second-order valence-corrected chi connectivity index (χ2v) is 10.9. The van der Waals surface area contributed by atoms with E-state index < -0.39 is 0 Å². The first-order valence-corrected chi connectivity index (χ1v) is 13.8. The molecule has 3 aliphatic rings. The van der Waals surface area contributed by atoms with Gasteiger partial charge in [0.15, 0.2) is 0 Å². The maximum Gasteiger partial charge on any atom is 0.0465 e. The molecule has 9 rings (SSSR count). The highest BCUT2D eigenvalue weighted by Crippen LogP contribution is 2.60. The van der Waals surface area contributed by atoms with Crippen LogP contribution in [0, 0.1) is 11.8 Å². The van der Waals surface area contributed by atoms with E-state index in [4.69, 9.17) is 0 Å². The van der Waals surface area contributed by atoms with Crippen LogP contribution in [-0.4, -0.2) is 4.98 Å². The smallest absolute Gasteiger partial charge is 0.0465 e. The molecule has 0 saturated carbocycles. The standard InChI is InChI=1S/C38H25N/c1-2-12-25-23(10-1)11-9-18-27(25)36-29-15-4-6-17-31(29)37-35(28-14-3-5-16-30(28)38(36)37)24-20-21-34-32(22-24)26-13-7-8-19-33(26)39-34/h1-22,28,30,39H. The molecule has 1 nitrogen and oxygen atoms in total. The molecule has 1 aromatic heterocycles. The summed E-state index contributed by atoms with van der Waals surface area (Å²) < 4.78 is 0. The van der Waals surface area contributed by atoms with Gasteiger partial charge in [0.1, 0.15) is 0 Å². The predicted molar refractivity (Wildman–Crippen MR) is 164 cm³/mol. The van der Waals surface area contributed by atoms with Crippen molar-refractivity contribution in [3.05, 3.63) is 161 Å². The van der Waals surface area contributed by atoms with Crippen LogP contribution in [-0.2, 0) is 0 Å². The Morgan fingerprint density at radius 2 is 1.10 bits per heavy atom. The Kier molecular flexibility index (Phi) is 4.23. The SMILES string of the molecule is C1=CC2C3=C(c4cccc5ccccc45)c4ccccc4C3=C(c3ccc4[nH]c5ccccc5c4c3)C2C=C1. The minimum absolute atomic E-state index is 0.319. The van der Waals surface area contributed by atoms with Gasteiger partial charge in [0.25, 0.3) is 0 Å². The van der Waals surface area contributed by atoms with Crippen LogP contribution in [0.1, 0.15) is 22.3 Å². The fraction of sp³-hybridized carbons (Fsp3) is 0.0526. The van der Waals surface area contributed by atoms with E-state index in [1.807, 2.05) is 0 Å². The number of aromatic nitrogens is 1. The van der Waals surface area contributed by atoms with Gasteiger partial charge >= 0.3 is 0 Å². The average molecular weight is 496 g/mol. The van der Waals surface area contributed by atoms with E-state index in [2.05, 4.69) is 138 Å². The van der Waals surface area contributed by atoms with E-state index in [1.54, 1.807) is 0 Å². The predicted octanol–water partition coefficient (Wildman–Crippen LogP) is 9.57. The highest BCUT2D eigenvalue weighted by molar-refractivity contribution is 6.19. The quantitative estimate of drug-likeness (QED) is 0.246. The third-order valence-corrected chi connectivity index (χ3v) is 8.95. The highest BCUT2D eigenvalue weighted by Gasteiger charge is 2.44. The van der Waals surface area contributed by atoms with Crippen LogP contribution in [0.25, 0.3) is 49.3 Å². The zero-order valence-corrected chi connectivity index (χ0v) is 21.4. The zero-order valence-electron chi connectivity index (χ0n) is 21.4. The lowest BCUT2D eigenvalue weighted by molar-refractivity contribution is 0.690. The largest absolute Gasteiger partial charge is 0.355 e. The third-order valence-electron chi connectivity index (χ3n) is 8.95. The minimum Gasteiger partial charge on any atom is -0.355 e. The molecule has 1 heterocycles. The normalized spacial score (nSPS) is 19.4. The van der Waals surface area contributed by atoms with E-state index >= 15 is 0 Å². The fourth-order valence-corrected chi connectivity index (χ4v) is 7.37. The molecule has 2 unspecified atom stereocenters. The summed E-state index contributed by atoms with van der Waals surface area (Å²) in [5.41, 5.74) is 13.5. The lowest BCUT2D eigenvalue weighted by atomic mass is 9.80. The van der Waals surface area contributed by atoms with E-state index in [0.717, 1.165) is 0 Å². The number of benzene rings is 5. The minimum atomic E-state index is 0.319. The number of hydrogen-bond donors (Lipinski definition) is 1. The van der Waals surface area contributed by atoms with Crippen molar-refractivity contribution in [1.29, 1.82) is 0 Å². The van der Waals surface area contributed by atoms with Gasteiger partial charge in [0.2, 0.25) is 0 Å². The number of fused-ring (bicyclic) bond motifs is 9. The van der Waals surface area contributed by atoms with Crippen LogP contribution in [0.3, 0.4) is 0 Å². The number of H-pyrrole nitrogens is 1. The average Bonchev–Trinajstić information content (AvgIpc) is 3.64. The molecule has 0 bridgehead atoms. The van der Waals surface area contributed by atoms with Crippen molar-refractivity contribution in [2.24, 2.45) is 11.8 Å². The van der Waals surface area contributed by atoms with Gasteiger partial charge < -0.3 is 4.98 Å². The fourth-order valence-electron chi connectivity index (χ4n) is 7.37. The maximum atomic E-state index is 3.61. The van der Waals surface area contributed by atoms with Gasteiger partial charge in [-0.05, 0) is 73.5 Å². The summed E-state index contributed by atoms with van der Waals surface area (Å²) in [6.45, 7) is 0. The van der Waals surface area contributed by atoms with Gasteiger partial charge in [0, 0.05) is 33.6 Å². The van der Waals surface area contributed by atoms with Gasteiger partial charge in [-0.1, -0.05) is 115 Å². The monoisotopic (exact) mass is 495 g/mol. The van der Waals surface area contributed by atoms with Gasteiger partial charge in [0.05, 0.1) is 0 Å². The lowest BCUT2D eigenvalue weighted by Crippen LogP contribution is -2.11. The summed E-state index contributed by atoms with van der Waals surface area (Å²) >= 11 is 0. The molecule has 0 fully saturated rings. The molecule has 1 N–H and O–H groups in total. The molecule has 1 heteroatoms. The topological polar surface area (TPSA) is 15.8 Å². The van der Waals surface area contributed by atoms with Crippen molar-refractivity contribution in [3.63, 3.8) is 0 Å². The Labute approximate surface area is 227 Å². The summed E-state index contributed by atoms with van der Waals surface area (Å²) in [6, 6.07) is 40.2. The molecule has 39 heavy (non-hydrogen) atoms. The first-order valence-electron chi connectivity index (χ1n) is 13.8. The Morgan fingerprint density at radius 1 is 0.462 bits per heavy atom. The second-order valence-electron chi connectivity index (χ2n) is 10.9. The van der Waals surface area contributed by atoms with E-state index in [0.29, 0.717) is 11.8 Å². The third kappa shape index (κ3) is 2.85. The van der Waals surface area contributed by atoms with Crippen LogP contribution < -0.4 is 0 Å². The van der Waals surface area contributed by atoms with Gasteiger partial charge in [-0.15, -0.1) is 0 Å². The van der Waals surface area contributed by atoms with E-state index in [9.17, 15) is 0 Å². The molecular formula is C38H25N. The van der Waals surface area contributed by atoms with Crippen LogP contribution in [0.4, 0.5) is 0 Å². The van der Waals surface area contributed by atoms with Crippen molar-refractivity contribution in [2.45, 2.75) is 0 Å². The molecule has 0 aliphatic heterocycles. The Bertz CT molecular complexity index is 2120. The molecule has 0 spiro atoms. The van der Waals surface area contributed by atoms with Crippen molar-refractivity contribution in [1.82, 2.24) is 4.98 Å². The van der Waals surface area contributed by atoms with Gasteiger partial charge in [-0.3, -0.25) is 0 Å². The molecule has 6 aromatic rings. The molecular weight excluding hydrogens is 470 g/mol. The van der Waals surface area contributed by atoms with Crippen molar-refractivity contribution in [2.75, 3.05) is 0 Å². The Balaban J connectivity index is 1.39. The Hall–Kier alpha value is -4.88. The first-order chi connectivity index (χ1) is 19.4. The van der Waals surface area contributed by atoms with Crippen LogP contribution in [0.5, 0.6) is 0 Å². The molecule has 0 radical (unpaired) electrons. The zero-order chi connectivity index (χ0) is 25.5. The summed E-state index contributed by atoms with van der Waals surface area (Å²) in [5, 5.41) is 5.18. The van der Waals surface area contributed by atoms with Gasteiger partial charge in [-0.25, -0.2) is 0 Å². The van der Waals surface area contributed by atoms with E-state index in [-0.39, 0.29) is 0 Å².